The van der Waals surface area contributed by atoms with Gasteiger partial charge in [-0.2, -0.15) is 17.5 Å². The Hall–Kier alpha value is -0.830. The molecule has 2 N–H and O–H groups in total. The minimum atomic E-state index is -4.57. The first-order valence-electron chi connectivity index (χ1n) is 6.67. The number of hydrogen-bond acceptors (Lipinski definition) is 3. The fourth-order valence-corrected chi connectivity index (χ4v) is 4.73. The third-order valence-electron chi connectivity index (χ3n) is 3.70. The van der Waals surface area contributed by atoms with E-state index in [1.807, 2.05) is 0 Å². The van der Waals surface area contributed by atoms with Crippen molar-refractivity contribution < 1.29 is 21.6 Å². The van der Waals surface area contributed by atoms with Gasteiger partial charge in [-0.1, -0.05) is 11.6 Å². The Morgan fingerprint density at radius 2 is 2.00 bits per heavy atom. The van der Waals surface area contributed by atoms with E-state index in [1.165, 1.54) is 4.31 Å². The second kappa shape index (κ2) is 5.99. The van der Waals surface area contributed by atoms with Gasteiger partial charge in [-0.3, -0.25) is 0 Å². The van der Waals surface area contributed by atoms with Crippen LogP contribution in [-0.2, 0) is 16.2 Å². The van der Waals surface area contributed by atoms with Crippen molar-refractivity contribution in [1.29, 1.82) is 0 Å². The molecule has 0 radical (unpaired) electrons. The maximum absolute atomic E-state index is 12.6. The zero-order chi connectivity index (χ0) is 16.7. The van der Waals surface area contributed by atoms with Gasteiger partial charge >= 0.3 is 6.18 Å². The molecule has 0 amide bonds. The predicted molar refractivity (Wildman–Crippen MR) is 77.0 cm³/mol. The van der Waals surface area contributed by atoms with E-state index in [0.29, 0.717) is 18.9 Å². The molecule has 1 heterocycles. The average Bonchev–Trinajstić information content (AvgIpc) is 2.36. The Bertz CT molecular complexity index is 664. The molecule has 1 aromatic rings. The van der Waals surface area contributed by atoms with Crippen LogP contribution in [0.3, 0.4) is 0 Å². The van der Waals surface area contributed by atoms with Gasteiger partial charge in [0.25, 0.3) is 0 Å². The summed E-state index contributed by atoms with van der Waals surface area (Å²) in [5, 5.41) is -0.433. The van der Waals surface area contributed by atoms with Gasteiger partial charge < -0.3 is 5.73 Å². The fraction of sp³-hybridized carbons (Fsp3) is 0.538. The van der Waals surface area contributed by atoms with Crippen molar-refractivity contribution in [3.8, 4) is 0 Å². The maximum atomic E-state index is 12.6. The van der Waals surface area contributed by atoms with E-state index in [4.69, 9.17) is 17.3 Å². The van der Waals surface area contributed by atoms with Gasteiger partial charge in [0.15, 0.2) is 0 Å². The highest BCUT2D eigenvalue weighted by molar-refractivity contribution is 7.89. The van der Waals surface area contributed by atoms with E-state index in [0.717, 1.165) is 12.1 Å². The van der Waals surface area contributed by atoms with Crippen LogP contribution in [0.4, 0.5) is 13.2 Å². The maximum Gasteiger partial charge on any atom is 0.416 e. The molecule has 124 valence electrons. The molecule has 1 aliphatic rings. The number of hydrogen-bond donors (Lipinski definition) is 1. The quantitative estimate of drug-likeness (QED) is 0.886. The van der Waals surface area contributed by atoms with Crippen LogP contribution in [0.25, 0.3) is 0 Å². The van der Waals surface area contributed by atoms with E-state index in [9.17, 15) is 21.6 Å². The smallest absolute Gasteiger partial charge is 0.328 e. The van der Waals surface area contributed by atoms with Gasteiger partial charge in [0.1, 0.15) is 4.90 Å². The second-order valence-corrected chi connectivity index (χ2v) is 7.66. The first-order chi connectivity index (χ1) is 10.0. The third-order valence-corrected chi connectivity index (χ3v) is 6.20. The minimum Gasteiger partial charge on any atom is -0.328 e. The zero-order valence-electron chi connectivity index (χ0n) is 11.8. The van der Waals surface area contributed by atoms with Gasteiger partial charge in [0.2, 0.25) is 10.0 Å². The van der Waals surface area contributed by atoms with E-state index >= 15 is 0 Å². The lowest BCUT2D eigenvalue weighted by Gasteiger charge is -2.35. The summed E-state index contributed by atoms with van der Waals surface area (Å²) < 4.78 is 64.3. The summed E-state index contributed by atoms with van der Waals surface area (Å²) in [6.45, 7) is 1.94. The lowest BCUT2D eigenvalue weighted by Crippen LogP contribution is -2.48. The molecule has 2 rings (SSSR count). The molecule has 9 heteroatoms. The molecule has 1 aliphatic heterocycles. The molecule has 0 aromatic heterocycles. The van der Waals surface area contributed by atoms with Crippen LogP contribution in [0, 0.1) is 0 Å². The number of benzene rings is 1. The Balaban J connectivity index is 2.38. The Kier molecular flexibility index (Phi) is 4.77. The summed E-state index contributed by atoms with van der Waals surface area (Å²) in [5.41, 5.74) is 4.81. The molecule has 0 bridgehead atoms. The van der Waals surface area contributed by atoms with Crippen molar-refractivity contribution in [1.82, 2.24) is 4.31 Å². The van der Waals surface area contributed by atoms with Crippen molar-refractivity contribution in [3.05, 3.63) is 28.8 Å². The number of sulfonamides is 1. The van der Waals surface area contributed by atoms with Gasteiger partial charge in [0, 0.05) is 18.6 Å². The summed E-state index contributed by atoms with van der Waals surface area (Å²) in [4.78, 5) is -0.315. The molecule has 0 spiro atoms. The molecular weight excluding hydrogens is 341 g/mol. The number of rotatable bonds is 2. The Morgan fingerprint density at radius 1 is 1.36 bits per heavy atom. The number of nitrogens with two attached hydrogens (primary N) is 1. The summed E-state index contributed by atoms with van der Waals surface area (Å²) in [7, 11) is -3.95. The van der Waals surface area contributed by atoms with E-state index in [-0.39, 0.29) is 23.5 Å². The summed E-state index contributed by atoms with van der Waals surface area (Å²) in [6.07, 6.45) is -3.57. The summed E-state index contributed by atoms with van der Waals surface area (Å²) >= 11 is 5.79. The molecule has 1 aromatic carbocycles. The number of alkyl halides is 3. The molecule has 2 unspecified atom stereocenters. The highest BCUT2D eigenvalue weighted by Gasteiger charge is 2.36. The van der Waals surface area contributed by atoms with E-state index in [1.54, 1.807) is 6.92 Å². The lowest BCUT2D eigenvalue weighted by molar-refractivity contribution is -0.137. The second-order valence-electron chi connectivity index (χ2n) is 5.39. The van der Waals surface area contributed by atoms with E-state index in [2.05, 4.69) is 0 Å². The van der Waals surface area contributed by atoms with Crippen LogP contribution >= 0.6 is 11.6 Å². The summed E-state index contributed by atoms with van der Waals surface area (Å²) in [5.74, 6) is 0. The third kappa shape index (κ3) is 3.40. The standard InChI is InChI=1S/C13H16ClF3N2O2S/c1-8-6-10(18)4-5-19(8)22(20,21)12-3-2-9(7-11(12)14)13(15,16)17/h2-3,7-8,10H,4-6,18H2,1H3. The normalized spacial score (nSPS) is 24.5. The SMILES string of the molecule is CC1CC(N)CCN1S(=O)(=O)c1ccc(C(F)(F)F)cc1Cl. The highest BCUT2D eigenvalue weighted by Crippen LogP contribution is 2.35. The van der Waals surface area contributed by atoms with Crippen LogP contribution in [0.5, 0.6) is 0 Å². The number of piperidine rings is 1. The van der Waals surface area contributed by atoms with Crippen LogP contribution in [-0.4, -0.2) is 31.4 Å². The largest absolute Gasteiger partial charge is 0.416 e. The topological polar surface area (TPSA) is 63.4 Å². The van der Waals surface area contributed by atoms with Gasteiger partial charge in [-0.05, 0) is 38.0 Å². The van der Waals surface area contributed by atoms with Crippen molar-refractivity contribution in [2.45, 2.75) is 42.9 Å². The van der Waals surface area contributed by atoms with Gasteiger partial charge in [0.05, 0.1) is 10.6 Å². The molecule has 0 aliphatic carbocycles. The Morgan fingerprint density at radius 3 is 2.50 bits per heavy atom. The van der Waals surface area contributed by atoms with Gasteiger partial charge in [-0.25, -0.2) is 8.42 Å². The van der Waals surface area contributed by atoms with Crippen molar-refractivity contribution in [2.24, 2.45) is 5.73 Å². The molecule has 4 nitrogen and oxygen atoms in total. The van der Waals surface area contributed by atoms with Crippen molar-refractivity contribution in [3.63, 3.8) is 0 Å². The molecule has 2 atom stereocenters. The van der Waals surface area contributed by atoms with Crippen LogP contribution in [0.2, 0.25) is 5.02 Å². The molecule has 22 heavy (non-hydrogen) atoms. The minimum absolute atomic E-state index is 0.0791. The van der Waals surface area contributed by atoms with Crippen LogP contribution < -0.4 is 5.73 Å². The first kappa shape index (κ1) is 17.5. The summed E-state index contributed by atoms with van der Waals surface area (Å²) in [6, 6.07) is 1.85. The van der Waals surface area contributed by atoms with Crippen molar-refractivity contribution in [2.75, 3.05) is 6.54 Å². The van der Waals surface area contributed by atoms with Crippen LogP contribution in [0.15, 0.2) is 23.1 Å². The first-order valence-corrected chi connectivity index (χ1v) is 8.49. The molecular formula is C13H16ClF3N2O2S. The molecule has 1 fully saturated rings. The number of halogens is 4. The monoisotopic (exact) mass is 356 g/mol. The molecule has 1 saturated heterocycles. The van der Waals surface area contributed by atoms with E-state index < -0.39 is 26.8 Å². The van der Waals surface area contributed by atoms with Crippen LogP contribution in [0.1, 0.15) is 25.3 Å². The number of nitrogens with zero attached hydrogens (tertiary/aromatic N) is 1. The Labute approximate surface area is 132 Å². The van der Waals surface area contributed by atoms with Gasteiger partial charge in [-0.15, -0.1) is 0 Å². The van der Waals surface area contributed by atoms with Crippen molar-refractivity contribution >= 4 is 21.6 Å². The fourth-order valence-electron chi connectivity index (χ4n) is 2.56. The highest BCUT2D eigenvalue weighted by atomic mass is 35.5. The average molecular weight is 357 g/mol. The molecule has 0 saturated carbocycles. The predicted octanol–water partition coefficient (Wildman–Crippen LogP) is 2.86. The lowest BCUT2D eigenvalue weighted by atomic mass is 10.0. The zero-order valence-corrected chi connectivity index (χ0v) is 13.3.